The average molecular weight is 427 g/mol. The molecule has 1 fully saturated rings. The topological polar surface area (TPSA) is 116 Å². The average Bonchev–Trinajstić information content (AvgIpc) is 2.78. The molecule has 0 bridgehead atoms. The number of aryl methyl sites for hydroxylation is 1. The molecule has 1 heterocycles. The number of hydrogen-bond acceptors (Lipinski definition) is 6. The van der Waals surface area contributed by atoms with Gasteiger partial charge in [0.25, 0.3) is 17.3 Å². The quantitative estimate of drug-likeness (QED) is 0.456. The van der Waals surface area contributed by atoms with Crippen molar-refractivity contribution in [2.75, 3.05) is 19.7 Å². The molecule has 31 heavy (non-hydrogen) atoms. The summed E-state index contributed by atoms with van der Waals surface area (Å²) < 4.78 is 5.45. The van der Waals surface area contributed by atoms with Gasteiger partial charge in [-0.3, -0.25) is 25.0 Å². The molecule has 0 radical (unpaired) electrons. The van der Waals surface area contributed by atoms with Crippen LogP contribution in [0.3, 0.4) is 0 Å². The van der Waals surface area contributed by atoms with Crippen LogP contribution in [0, 0.1) is 26.1 Å². The SMILES string of the molecule is CCOc1ccc(CCC2CCN(C(=O)c3cc([N+](=O)[O-])cc([N+](=O)[O-])c3)CC2)cc1. The minimum atomic E-state index is -0.725. The zero-order chi connectivity index (χ0) is 22.4. The van der Waals surface area contributed by atoms with Crippen molar-refractivity contribution >= 4 is 17.3 Å². The molecule has 1 saturated heterocycles. The number of piperidine rings is 1. The molecular formula is C22H25N3O6. The van der Waals surface area contributed by atoms with Crippen LogP contribution in [0.15, 0.2) is 42.5 Å². The van der Waals surface area contributed by atoms with Gasteiger partial charge in [-0.15, -0.1) is 0 Å². The molecule has 1 aliphatic heterocycles. The Hall–Kier alpha value is -3.49. The van der Waals surface area contributed by atoms with Gasteiger partial charge in [0.05, 0.1) is 28.1 Å². The maximum Gasteiger partial charge on any atom is 0.277 e. The number of nitro groups is 2. The fraction of sp³-hybridized carbons (Fsp3) is 0.409. The second kappa shape index (κ2) is 10.0. The van der Waals surface area contributed by atoms with Crippen LogP contribution in [0.5, 0.6) is 5.75 Å². The summed E-state index contributed by atoms with van der Waals surface area (Å²) in [6, 6.07) is 11.2. The van der Waals surface area contributed by atoms with Gasteiger partial charge >= 0.3 is 0 Å². The predicted octanol–water partition coefficient (Wildman–Crippen LogP) is 4.39. The van der Waals surface area contributed by atoms with E-state index in [1.165, 1.54) is 5.56 Å². The second-order valence-corrected chi connectivity index (χ2v) is 7.60. The Morgan fingerprint density at radius 2 is 1.61 bits per heavy atom. The molecule has 9 heteroatoms. The summed E-state index contributed by atoms with van der Waals surface area (Å²) >= 11 is 0. The Balaban J connectivity index is 1.56. The number of likely N-dealkylation sites (tertiary alicyclic amines) is 1. The highest BCUT2D eigenvalue weighted by atomic mass is 16.6. The van der Waals surface area contributed by atoms with E-state index in [0.717, 1.165) is 49.6 Å². The number of non-ortho nitro benzene ring substituents is 2. The summed E-state index contributed by atoms with van der Waals surface area (Å²) in [6.45, 7) is 3.65. The largest absolute Gasteiger partial charge is 0.494 e. The fourth-order valence-corrected chi connectivity index (χ4v) is 3.83. The Bertz CT molecular complexity index is 920. The third-order valence-corrected chi connectivity index (χ3v) is 5.55. The van der Waals surface area contributed by atoms with Crippen molar-refractivity contribution in [2.24, 2.45) is 5.92 Å². The van der Waals surface area contributed by atoms with Gasteiger partial charge in [-0.2, -0.15) is 0 Å². The number of rotatable bonds is 8. The molecule has 3 rings (SSSR count). The highest BCUT2D eigenvalue weighted by molar-refractivity contribution is 5.95. The molecule has 0 N–H and O–H groups in total. The first-order valence-electron chi connectivity index (χ1n) is 10.3. The van der Waals surface area contributed by atoms with Gasteiger partial charge < -0.3 is 9.64 Å². The molecule has 0 atom stereocenters. The number of nitrogens with zero attached hydrogens (tertiary/aromatic N) is 3. The molecular weight excluding hydrogens is 402 g/mol. The van der Waals surface area contributed by atoms with Crippen molar-refractivity contribution in [2.45, 2.75) is 32.6 Å². The minimum absolute atomic E-state index is 0.0197. The van der Waals surface area contributed by atoms with E-state index in [1.54, 1.807) is 4.90 Å². The van der Waals surface area contributed by atoms with Crippen LogP contribution in [-0.2, 0) is 6.42 Å². The monoisotopic (exact) mass is 427 g/mol. The third-order valence-electron chi connectivity index (χ3n) is 5.55. The summed E-state index contributed by atoms with van der Waals surface area (Å²) in [5.74, 6) is 0.936. The lowest BCUT2D eigenvalue weighted by Crippen LogP contribution is -2.38. The maximum absolute atomic E-state index is 12.8. The highest BCUT2D eigenvalue weighted by Gasteiger charge is 2.26. The van der Waals surface area contributed by atoms with Gasteiger partial charge in [-0.05, 0) is 56.2 Å². The van der Waals surface area contributed by atoms with Crippen LogP contribution in [0.2, 0.25) is 0 Å². The van der Waals surface area contributed by atoms with E-state index in [2.05, 4.69) is 12.1 Å². The van der Waals surface area contributed by atoms with Gasteiger partial charge in [0.15, 0.2) is 0 Å². The Morgan fingerprint density at radius 3 is 2.13 bits per heavy atom. The zero-order valence-corrected chi connectivity index (χ0v) is 17.4. The standard InChI is InChI=1S/C22H25N3O6/c1-2-31-21-7-5-16(6-8-21)3-4-17-9-11-23(12-10-17)22(26)18-13-19(24(27)28)15-20(14-18)25(29)30/h5-8,13-15,17H,2-4,9-12H2,1H3. The van der Waals surface area contributed by atoms with Crippen LogP contribution in [0.1, 0.15) is 42.1 Å². The Morgan fingerprint density at radius 1 is 1.03 bits per heavy atom. The van der Waals surface area contributed by atoms with Crippen molar-refractivity contribution in [1.82, 2.24) is 4.90 Å². The Kier molecular flexibility index (Phi) is 7.17. The lowest BCUT2D eigenvalue weighted by Gasteiger charge is -2.32. The van der Waals surface area contributed by atoms with Crippen molar-refractivity contribution < 1.29 is 19.4 Å². The summed E-state index contributed by atoms with van der Waals surface area (Å²) in [6.07, 6.45) is 3.62. The van der Waals surface area contributed by atoms with Crippen LogP contribution in [-0.4, -0.2) is 40.4 Å². The van der Waals surface area contributed by atoms with Gasteiger partial charge in [0, 0.05) is 25.2 Å². The van der Waals surface area contributed by atoms with Crippen molar-refractivity contribution in [3.05, 3.63) is 73.8 Å². The van der Waals surface area contributed by atoms with Gasteiger partial charge in [-0.1, -0.05) is 12.1 Å². The van der Waals surface area contributed by atoms with Crippen LogP contribution in [0.4, 0.5) is 11.4 Å². The number of benzene rings is 2. The molecule has 1 amide bonds. The number of carbonyl (C=O) groups excluding carboxylic acids is 1. The predicted molar refractivity (Wildman–Crippen MR) is 114 cm³/mol. The van der Waals surface area contributed by atoms with E-state index < -0.39 is 27.1 Å². The second-order valence-electron chi connectivity index (χ2n) is 7.60. The molecule has 0 aromatic heterocycles. The van der Waals surface area contributed by atoms with Crippen LogP contribution >= 0.6 is 0 Å². The molecule has 2 aromatic carbocycles. The fourth-order valence-electron chi connectivity index (χ4n) is 3.83. The van der Waals surface area contributed by atoms with Gasteiger partial charge in [0.2, 0.25) is 0 Å². The molecule has 9 nitrogen and oxygen atoms in total. The molecule has 1 aliphatic rings. The minimum Gasteiger partial charge on any atom is -0.494 e. The van der Waals surface area contributed by atoms with E-state index in [-0.39, 0.29) is 5.56 Å². The van der Waals surface area contributed by atoms with Crippen molar-refractivity contribution in [3.8, 4) is 5.75 Å². The smallest absolute Gasteiger partial charge is 0.277 e. The van der Waals surface area contributed by atoms with Crippen LogP contribution in [0.25, 0.3) is 0 Å². The lowest BCUT2D eigenvalue weighted by molar-refractivity contribution is -0.394. The lowest BCUT2D eigenvalue weighted by atomic mass is 9.90. The molecule has 0 aliphatic carbocycles. The van der Waals surface area contributed by atoms with E-state index in [4.69, 9.17) is 4.74 Å². The highest BCUT2D eigenvalue weighted by Crippen LogP contribution is 2.27. The number of ether oxygens (including phenoxy) is 1. The first kappa shape index (κ1) is 22.2. The summed E-state index contributed by atoms with van der Waals surface area (Å²) in [5.41, 5.74) is 0.310. The number of nitro benzene ring substituents is 2. The number of hydrogen-bond donors (Lipinski definition) is 0. The molecule has 0 saturated carbocycles. The molecule has 2 aromatic rings. The molecule has 0 unspecified atom stereocenters. The first-order chi connectivity index (χ1) is 14.9. The van der Waals surface area contributed by atoms with E-state index in [1.807, 2.05) is 19.1 Å². The van der Waals surface area contributed by atoms with Gasteiger partial charge in [0.1, 0.15) is 5.75 Å². The summed E-state index contributed by atoms with van der Waals surface area (Å²) in [4.78, 5) is 35.1. The molecule has 0 spiro atoms. The van der Waals surface area contributed by atoms with Gasteiger partial charge in [-0.25, -0.2) is 0 Å². The van der Waals surface area contributed by atoms with Crippen LogP contribution < -0.4 is 4.74 Å². The number of carbonyl (C=O) groups is 1. The third kappa shape index (κ3) is 5.78. The molecule has 164 valence electrons. The summed E-state index contributed by atoms with van der Waals surface area (Å²) in [5, 5.41) is 22.1. The van der Waals surface area contributed by atoms with E-state index in [9.17, 15) is 25.0 Å². The zero-order valence-electron chi connectivity index (χ0n) is 17.4. The van der Waals surface area contributed by atoms with E-state index >= 15 is 0 Å². The first-order valence-corrected chi connectivity index (χ1v) is 10.3. The normalized spacial score (nSPS) is 14.3. The maximum atomic E-state index is 12.8. The van der Waals surface area contributed by atoms with Crippen molar-refractivity contribution in [1.29, 1.82) is 0 Å². The van der Waals surface area contributed by atoms with Crippen molar-refractivity contribution in [3.63, 3.8) is 0 Å². The number of amides is 1. The Labute approximate surface area is 179 Å². The van der Waals surface area contributed by atoms with E-state index in [0.29, 0.717) is 25.6 Å². The summed E-state index contributed by atoms with van der Waals surface area (Å²) in [7, 11) is 0.